The predicted octanol–water partition coefficient (Wildman–Crippen LogP) is 4.54. The molecular weight excluding hydrogens is 304 g/mol. The van der Waals surface area contributed by atoms with Crippen LogP contribution < -0.4 is 5.32 Å². The lowest BCUT2D eigenvalue weighted by Crippen LogP contribution is -2.37. The standard InChI is InChI=1S/C19H22N2OS/c1-14-9-11-15(12-10-14)21-18(22)17-8-5-13-20-19(17)23-16-6-3-2-4-7-16/h2-8,13-15H,9-12H2,1H3,(H,21,22). The van der Waals surface area contributed by atoms with E-state index in [0.29, 0.717) is 11.6 Å². The second-order valence-corrected chi connectivity index (χ2v) is 7.26. The third kappa shape index (κ3) is 4.35. The van der Waals surface area contributed by atoms with E-state index in [1.54, 1.807) is 6.20 Å². The van der Waals surface area contributed by atoms with Crippen molar-refractivity contribution in [1.29, 1.82) is 0 Å². The van der Waals surface area contributed by atoms with Crippen LogP contribution >= 0.6 is 11.8 Å². The smallest absolute Gasteiger partial charge is 0.254 e. The van der Waals surface area contributed by atoms with E-state index in [0.717, 1.165) is 28.7 Å². The van der Waals surface area contributed by atoms with Crippen molar-refractivity contribution in [2.75, 3.05) is 0 Å². The molecule has 23 heavy (non-hydrogen) atoms. The maximum absolute atomic E-state index is 12.6. The molecule has 0 saturated heterocycles. The van der Waals surface area contributed by atoms with Crippen molar-refractivity contribution in [3.8, 4) is 0 Å². The molecule has 1 aliphatic rings. The number of hydrogen-bond acceptors (Lipinski definition) is 3. The number of nitrogens with zero attached hydrogens (tertiary/aromatic N) is 1. The van der Waals surface area contributed by atoms with Gasteiger partial charge in [-0.05, 0) is 55.9 Å². The number of benzene rings is 1. The van der Waals surface area contributed by atoms with Crippen LogP contribution in [0.15, 0.2) is 58.6 Å². The summed E-state index contributed by atoms with van der Waals surface area (Å²) in [7, 11) is 0. The van der Waals surface area contributed by atoms with Gasteiger partial charge in [-0.25, -0.2) is 4.98 Å². The second-order valence-electron chi connectivity index (χ2n) is 6.20. The minimum absolute atomic E-state index is 0.00363. The minimum Gasteiger partial charge on any atom is -0.349 e. The normalized spacial score (nSPS) is 20.9. The van der Waals surface area contributed by atoms with Crippen LogP contribution in [0, 0.1) is 5.92 Å². The molecule has 1 aromatic carbocycles. The minimum atomic E-state index is -0.00363. The fraction of sp³-hybridized carbons (Fsp3) is 0.368. The van der Waals surface area contributed by atoms with Gasteiger partial charge in [-0.15, -0.1) is 0 Å². The van der Waals surface area contributed by atoms with Gasteiger partial charge >= 0.3 is 0 Å². The van der Waals surface area contributed by atoms with Crippen LogP contribution in [-0.2, 0) is 0 Å². The summed E-state index contributed by atoms with van der Waals surface area (Å²) in [5.41, 5.74) is 0.667. The summed E-state index contributed by atoms with van der Waals surface area (Å²) in [6, 6.07) is 14.0. The molecule has 0 aliphatic heterocycles. The van der Waals surface area contributed by atoms with Gasteiger partial charge < -0.3 is 5.32 Å². The Kier molecular flexibility index (Phi) is 5.34. The van der Waals surface area contributed by atoms with Crippen molar-refractivity contribution in [1.82, 2.24) is 10.3 Å². The Morgan fingerprint density at radius 3 is 2.57 bits per heavy atom. The number of rotatable bonds is 4. The van der Waals surface area contributed by atoms with E-state index in [1.165, 1.54) is 24.6 Å². The Hall–Kier alpha value is -1.81. The molecule has 1 aliphatic carbocycles. The molecule has 4 heteroatoms. The third-order valence-electron chi connectivity index (χ3n) is 4.32. The summed E-state index contributed by atoms with van der Waals surface area (Å²) in [5.74, 6) is 0.779. The highest BCUT2D eigenvalue weighted by Gasteiger charge is 2.21. The molecule has 1 aromatic heterocycles. The third-order valence-corrected chi connectivity index (χ3v) is 5.35. The molecule has 1 N–H and O–H groups in total. The summed E-state index contributed by atoms with van der Waals surface area (Å²) in [6.45, 7) is 2.29. The molecule has 1 saturated carbocycles. The fourth-order valence-electron chi connectivity index (χ4n) is 2.91. The summed E-state index contributed by atoms with van der Waals surface area (Å²) >= 11 is 1.53. The van der Waals surface area contributed by atoms with E-state index in [-0.39, 0.29) is 5.91 Å². The van der Waals surface area contributed by atoms with Crippen molar-refractivity contribution in [2.24, 2.45) is 5.92 Å². The second kappa shape index (κ2) is 7.64. The van der Waals surface area contributed by atoms with E-state index in [9.17, 15) is 4.79 Å². The predicted molar refractivity (Wildman–Crippen MR) is 93.7 cm³/mol. The average Bonchev–Trinajstić information content (AvgIpc) is 2.58. The largest absolute Gasteiger partial charge is 0.349 e. The molecular formula is C19H22N2OS. The van der Waals surface area contributed by atoms with Crippen molar-refractivity contribution >= 4 is 17.7 Å². The fourth-order valence-corrected chi connectivity index (χ4v) is 3.81. The van der Waals surface area contributed by atoms with Gasteiger partial charge in [-0.3, -0.25) is 4.79 Å². The van der Waals surface area contributed by atoms with Gasteiger partial charge in [-0.2, -0.15) is 0 Å². The van der Waals surface area contributed by atoms with E-state index < -0.39 is 0 Å². The summed E-state index contributed by atoms with van der Waals surface area (Å²) < 4.78 is 0. The van der Waals surface area contributed by atoms with Gasteiger partial charge in [0, 0.05) is 17.1 Å². The maximum Gasteiger partial charge on any atom is 0.254 e. The first-order chi connectivity index (χ1) is 11.2. The molecule has 0 atom stereocenters. The molecule has 1 amide bonds. The summed E-state index contributed by atoms with van der Waals surface area (Å²) in [5, 5.41) is 3.95. The molecule has 0 radical (unpaired) electrons. The topological polar surface area (TPSA) is 42.0 Å². The Morgan fingerprint density at radius 1 is 1.09 bits per heavy atom. The Morgan fingerprint density at radius 2 is 1.83 bits per heavy atom. The van der Waals surface area contributed by atoms with E-state index in [2.05, 4.69) is 17.2 Å². The van der Waals surface area contributed by atoms with Crippen LogP contribution in [0.4, 0.5) is 0 Å². The van der Waals surface area contributed by atoms with Crippen LogP contribution in [0.2, 0.25) is 0 Å². The van der Waals surface area contributed by atoms with Gasteiger partial charge in [0.15, 0.2) is 0 Å². The molecule has 1 fully saturated rings. The highest BCUT2D eigenvalue weighted by molar-refractivity contribution is 7.99. The van der Waals surface area contributed by atoms with Gasteiger partial charge in [-0.1, -0.05) is 36.9 Å². The summed E-state index contributed by atoms with van der Waals surface area (Å²) in [4.78, 5) is 18.1. The number of pyridine rings is 1. The number of aromatic nitrogens is 1. The molecule has 1 heterocycles. The average molecular weight is 326 g/mol. The monoisotopic (exact) mass is 326 g/mol. The van der Waals surface area contributed by atoms with Crippen LogP contribution in [0.1, 0.15) is 43.0 Å². The zero-order valence-electron chi connectivity index (χ0n) is 13.4. The Balaban J connectivity index is 1.70. The van der Waals surface area contributed by atoms with E-state index in [1.807, 2.05) is 42.5 Å². The zero-order valence-corrected chi connectivity index (χ0v) is 14.2. The van der Waals surface area contributed by atoms with Gasteiger partial charge in [0.25, 0.3) is 5.91 Å². The lowest BCUT2D eigenvalue weighted by molar-refractivity contribution is 0.0919. The molecule has 3 rings (SSSR count). The van der Waals surface area contributed by atoms with Crippen molar-refractivity contribution in [3.63, 3.8) is 0 Å². The van der Waals surface area contributed by atoms with Gasteiger partial charge in [0.1, 0.15) is 5.03 Å². The first-order valence-electron chi connectivity index (χ1n) is 8.21. The SMILES string of the molecule is CC1CCC(NC(=O)c2cccnc2Sc2ccccc2)CC1. The zero-order chi connectivity index (χ0) is 16.1. The van der Waals surface area contributed by atoms with Crippen LogP contribution in [0.25, 0.3) is 0 Å². The highest BCUT2D eigenvalue weighted by atomic mass is 32.2. The maximum atomic E-state index is 12.6. The quantitative estimate of drug-likeness (QED) is 0.897. The number of carbonyl (C=O) groups excluding carboxylic acids is 1. The van der Waals surface area contributed by atoms with E-state index >= 15 is 0 Å². The van der Waals surface area contributed by atoms with Gasteiger partial charge in [0.05, 0.1) is 5.56 Å². The first kappa shape index (κ1) is 16.1. The molecule has 0 bridgehead atoms. The molecule has 120 valence electrons. The van der Waals surface area contributed by atoms with Crippen LogP contribution in [-0.4, -0.2) is 16.9 Å². The van der Waals surface area contributed by atoms with E-state index in [4.69, 9.17) is 0 Å². The number of amides is 1. The number of nitrogens with one attached hydrogen (secondary N) is 1. The first-order valence-corrected chi connectivity index (χ1v) is 9.03. The van der Waals surface area contributed by atoms with Crippen LogP contribution in [0.3, 0.4) is 0 Å². The Labute approximate surface area is 141 Å². The molecule has 2 aromatic rings. The van der Waals surface area contributed by atoms with Crippen molar-refractivity contribution < 1.29 is 4.79 Å². The molecule has 0 unspecified atom stereocenters. The number of hydrogen-bond donors (Lipinski definition) is 1. The number of carbonyl (C=O) groups is 1. The van der Waals surface area contributed by atoms with Crippen molar-refractivity contribution in [2.45, 2.75) is 48.6 Å². The van der Waals surface area contributed by atoms with Crippen molar-refractivity contribution in [3.05, 3.63) is 54.2 Å². The Bertz CT molecular complexity index is 651. The van der Waals surface area contributed by atoms with Gasteiger partial charge in [0.2, 0.25) is 0 Å². The highest BCUT2D eigenvalue weighted by Crippen LogP contribution is 2.29. The summed E-state index contributed by atoms with van der Waals surface area (Å²) in [6.07, 6.45) is 6.29. The lowest BCUT2D eigenvalue weighted by Gasteiger charge is -2.27. The molecule has 0 spiro atoms. The van der Waals surface area contributed by atoms with Crippen LogP contribution in [0.5, 0.6) is 0 Å². The molecule has 3 nitrogen and oxygen atoms in total. The lowest BCUT2D eigenvalue weighted by atomic mass is 9.87.